The second-order valence-electron chi connectivity index (χ2n) is 3.17. The summed E-state index contributed by atoms with van der Waals surface area (Å²) < 4.78 is 40.8. The molecule has 4 nitrogen and oxygen atoms in total. The van der Waals surface area contributed by atoms with Crippen molar-refractivity contribution in [2.24, 2.45) is 0 Å². The number of alkyl halides is 3. The van der Waals surface area contributed by atoms with Gasteiger partial charge in [-0.2, -0.15) is 0 Å². The first kappa shape index (κ1) is 14.8. The van der Waals surface area contributed by atoms with E-state index in [0.717, 1.165) is 11.1 Å². The van der Waals surface area contributed by atoms with E-state index in [1.807, 2.05) is 0 Å². The molecule has 0 heterocycles. The van der Waals surface area contributed by atoms with Crippen LogP contribution in [-0.4, -0.2) is 31.5 Å². The third-order valence-electron chi connectivity index (χ3n) is 1.96. The van der Waals surface area contributed by atoms with Crippen LogP contribution in [0.5, 0.6) is 5.75 Å². The van der Waals surface area contributed by atoms with Crippen LogP contribution in [0.25, 0.3) is 0 Å². The fourth-order valence-corrected chi connectivity index (χ4v) is 1.50. The van der Waals surface area contributed by atoms with E-state index in [1.54, 1.807) is 0 Å². The molecule has 0 unspecified atom stereocenters. The van der Waals surface area contributed by atoms with Gasteiger partial charge < -0.3 is 4.74 Å². The van der Waals surface area contributed by atoms with Crippen LogP contribution in [0.4, 0.5) is 13.2 Å². The highest BCUT2D eigenvalue weighted by molar-refractivity contribution is 9.10. The molecule has 0 N–H and O–H groups in total. The predicted molar refractivity (Wildman–Crippen MR) is 59.9 cm³/mol. The largest absolute Gasteiger partial charge is 0.573 e. The van der Waals surface area contributed by atoms with Gasteiger partial charge >= 0.3 is 6.36 Å². The van der Waals surface area contributed by atoms with Crippen molar-refractivity contribution in [1.29, 1.82) is 0 Å². The Balaban J connectivity index is 3.15. The number of halogens is 4. The fourth-order valence-electron chi connectivity index (χ4n) is 1.14. The van der Waals surface area contributed by atoms with E-state index in [0.29, 0.717) is 4.47 Å². The van der Waals surface area contributed by atoms with Crippen LogP contribution in [-0.2, 0) is 4.84 Å². The van der Waals surface area contributed by atoms with Crippen molar-refractivity contribution in [3.63, 3.8) is 0 Å². The average molecular weight is 328 g/mol. The lowest BCUT2D eigenvalue weighted by Crippen LogP contribution is -2.27. The van der Waals surface area contributed by atoms with Crippen molar-refractivity contribution >= 4 is 21.8 Å². The maximum Gasteiger partial charge on any atom is 0.573 e. The van der Waals surface area contributed by atoms with Crippen molar-refractivity contribution in [2.45, 2.75) is 6.36 Å². The maximum atomic E-state index is 12.2. The molecule has 100 valence electrons. The number of benzene rings is 1. The molecule has 18 heavy (non-hydrogen) atoms. The number of amides is 1. The minimum Gasteiger partial charge on any atom is -0.405 e. The predicted octanol–water partition coefficient (Wildman–Crippen LogP) is 2.98. The van der Waals surface area contributed by atoms with Crippen LogP contribution >= 0.6 is 15.9 Å². The molecule has 8 heteroatoms. The van der Waals surface area contributed by atoms with Gasteiger partial charge in [-0.1, -0.05) is 15.9 Å². The Morgan fingerprint density at radius 3 is 2.50 bits per heavy atom. The SMILES string of the molecule is CON(C)C(=O)c1cc(Br)ccc1OC(F)(F)F. The Morgan fingerprint density at radius 2 is 2.00 bits per heavy atom. The van der Waals surface area contributed by atoms with E-state index in [1.165, 1.54) is 26.3 Å². The minimum atomic E-state index is -4.87. The number of nitrogens with zero attached hydrogens (tertiary/aromatic N) is 1. The summed E-state index contributed by atoms with van der Waals surface area (Å²) in [6.07, 6.45) is -4.87. The highest BCUT2D eigenvalue weighted by Gasteiger charge is 2.33. The van der Waals surface area contributed by atoms with Gasteiger partial charge in [-0.25, -0.2) is 5.06 Å². The standard InChI is InChI=1S/C10H9BrF3NO3/c1-15(17-2)9(16)7-5-6(11)3-4-8(7)18-10(12,13)14/h3-5H,1-2H3. The molecule has 1 rings (SSSR count). The van der Waals surface area contributed by atoms with Crippen LogP contribution in [0.3, 0.4) is 0 Å². The number of hydrogen-bond acceptors (Lipinski definition) is 3. The van der Waals surface area contributed by atoms with Crippen molar-refractivity contribution < 1.29 is 27.5 Å². The zero-order valence-corrected chi connectivity index (χ0v) is 11.0. The molecule has 0 aromatic heterocycles. The summed E-state index contributed by atoms with van der Waals surface area (Å²) in [5, 5.41) is 0.797. The molecule has 1 aromatic carbocycles. The molecule has 0 atom stereocenters. The Kier molecular flexibility index (Phi) is 4.58. The Hall–Kier alpha value is -1.28. The number of carbonyl (C=O) groups excluding carboxylic acids is 1. The summed E-state index contributed by atoms with van der Waals surface area (Å²) in [6, 6.07) is 3.61. The van der Waals surface area contributed by atoms with Crippen LogP contribution in [0.15, 0.2) is 22.7 Å². The van der Waals surface area contributed by atoms with Gasteiger partial charge in [0.2, 0.25) is 0 Å². The van der Waals surface area contributed by atoms with E-state index in [4.69, 9.17) is 0 Å². The highest BCUT2D eigenvalue weighted by Crippen LogP contribution is 2.29. The summed E-state index contributed by atoms with van der Waals surface area (Å²) in [7, 11) is 2.50. The third-order valence-corrected chi connectivity index (χ3v) is 2.45. The second-order valence-corrected chi connectivity index (χ2v) is 4.09. The van der Waals surface area contributed by atoms with Crippen molar-refractivity contribution in [3.8, 4) is 5.75 Å². The summed E-state index contributed by atoms with van der Waals surface area (Å²) >= 11 is 3.07. The first-order valence-electron chi connectivity index (χ1n) is 4.62. The summed E-state index contributed by atoms with van der Waals surface area (Å²) in [6.45, 7) is 0. The molecular formula is C10H9BrF3NO3. The van der Waals surface area contributed by atoms with Gasteiger partial charge in [0, 0.05) is 11.5 Å². The van der Waals surface area contributed by atoms with Gasteiger partial charge in [0.1, 0.15) is 5.75 Å². The first-order chi connectivity index (χ1) is 8.24. The molecule has 0 aliphatic carbocycles. The molecule has 0 saturated carbocycles. The first-order valence-corrected chi connectivity index (χ1v) is 5.41. The monoisotopic (exact) mass is 327 g/mol. The summed E-state index contributed by atoms with van der Waals surface area (Å²) in [5.74, 6) is -1.34. The highest BCUT2D eigenvalue weighted by atomic mass is 79.9. The number of hydroxylamine groups is 2. The molecule has 0 aliphatic rings. The van der Waals surface area contributed by atoms with E-state index < -0.39 is 18.0 Å². The van der Waals surface area contributed by atoms with E-state index >= 15 is 0 Å². The molecule has 1 aromatic rings. The molecule has 0 saturated heterocycles. The molecule has 0 radical (unpaired) electrons. The van der Waals surface area contributed by atoms with Crippen LogP contribution in [0.1, 0.15) is 10.4 Å². The lowest BCUT2D eigenvalue weighted by Gasteiger charge is -2.17. The van der Waals surface area contributed by atoms with Crippen molar-refractivity contribution in [2.75, 3.05) is 14.2 Å². The summed E-state index contributed by atoms with van der Waals surface area (Å²) in [4.78, 5) is 16.4. The van der Waals surface area contributed by atoms with Crippen molar-refractivity contribution in [1.82, 2.24) is 5.06 Å². The number of rotatable bonds is 3. The second kappa shape index (κ2) is 5.57. The maximum absolute atomic E-state index is 12.2. The van der Waals surface area contributed by atoms with Gasteiger partial charge in [-0.3, -0.25) is 9.63 Å². The van der Waals surface area contributed by atoms with Gasteiger partial charge in [0.25, 0.3) is 5.91 Å². The Labute approximate surface area is 109 Å². The zero-order chi connectivity index (χ0) is 13.9. The van der Waals surface area contributed by atoms with Gasteiger partial charge in [0.05, 0.1) is 12.7 Å². The Bertz CT molecular complexity index is 450. The quantitative estimate of drug-likeness (QED) is 0.801. The molecular weight excluding hydrogens is 319 g/mol. The lowest BCUT2D eigenvalue weighted by molar-refractivity contribution is -0.274. The van der Waals surface area contributed by atoms with Crippen LogP contribution in [0, 0.1) is 0 Å². The van der Waals surface area contributed by atoms with Gasteiger partial charge in [0.15, 0.2) is 0 Å². The average Bonchev–Trinajstić information content (AvgIpc) is 2.27. The molecule has 0 bridgehead atoms. The fraction of sp³-hybridized carbons (Fsp3) is 0.300. The Morgan fingerprint density at radius 1 is 1.39 bits per heavy atom. The molecule has 1 amide bonds. The minimum absolute atomic E-state index is 0.258. The molecule has 0 spiro atoms. The van der Waals surface area contributed by atoms with Crippen LogP contribution in [0.2, 0.25) is 0 Å². The number of hydrogen-bond donors (Lipinski definition) is 0. The lowest BCUT2D eigenvalue weighted by atomic mass is 10.2. The van der Waals surface area contributed by atoms with Crippen LogP contribution < -0.4 is 4.74 Å². The zero-order valence-electron chi connectivity index (χ0n) is 9.42. The normalized spacial score (nSPS) is 11.2. The van der Waals surface area contributed by atoms with E-state index in [2.05, 4.69) is 25.5 Å². The van der Waals surface area contributed by atoms with E-state index in [9.17, 15) is 18.0 Å². The van der Waals surface area contributed by atoms with E-state index in [-0.39, 0.29) is 5.56 Å². The third kappa shape index (κ3) is 3.88. The van der Waals surface area contributed by atoms with Gasteiger partial charge in [-0.05, 0) is 18.2 Å². The molecule has 0 aliphatic heterocycles. The molecule has 0 fully saturated rings. The van der Waals surface area contributed by atoms with Crippen molar-refractivity contribution in [3.05, 3.63) is 28.2 Å². The smallest absolute Gasteiger partial charge is 0.405 e. The van der Waals surface area contributed by atoms with Gasteiger partial charge in [-0.15, -0.1) is 13.2 Å². The number of ether oxygens (including phenoxy) is 1. The number of carbonyl (C=O) groups is 1. The topological polar surface area (TPSA) is 38.8 Å². The summed E-state index contributed by atoms with van der Waals surface area (Å²) in [5.41, 5.74) is -0.258.